The number of nitrogens with one attached hydrogen (secondary N) is 1. The molecule has 0 saturated carbocycles. The van der Waals surface area contributed by atoms with Gasteiger partial charge in [0.2, 0.25) is 0 Å². The van der Waals surface area contributed by atoms with E-state index in [9.17, 15) is 20.0 Å². The second-order valence-electron chi connectivity index (χ2n) is 4.25. The zero-order valence-electron chi connectivity index (χ0n) is 11.5. The summed E-state index contributed by atoms with van der Waals surface area (Å²) in [6.07, 6.45) is 0.628. The van der Waals surface area contributed by atoms with E-state index in [0.29, 0.717) is 19.4 Å². The molecule has 1 rings (SSSR count). The lowest BCUT2D eigenvalue weighted by molar-refractivity contribution is -0.384. The van der Waals surface area contributed by atoms with Crippen LogP contribution in [0.2, 0.25) is 0 Å². The van der Waals surface area contributed by atoms with Crippen molar-refractivity contribution < 1.29 is 19.6 Å². The minimum Gasteiger partial charge on any atom is -0.496 e. The average Bonchev–Trinajstić information content (AvgIpc) is 2.45. The summed E-state index contributed by atoms with van der Waals surface area (Å²) in [5.41, 5.74) is 0.0869. The van der Waals surface area contributed by atoms with E-state index in [1.54, 1.807) is 0 Å². The molecular weight excluding hydrogens is 264 g/mol. The molecule has 0 aliphatic carbocycles. The summed E-state index contributed by atoms with van der Waals surface area (Å²) in [5, 5.41) is 22.7. The van der Waals surface area contributed by atoms with Crippen molar-refractivity contribution in [1.82, 2.24) is 5.32 Å². The maximum atomic E-state index is 11.9. The Morgan fingerprint density at radius 3 is 2.80 bits per heavy atom. The maximum absolute atomic E-state index is 11.9. The van der Waals surface area contributed by atoms with Crippen LogP contribution < -0.4 is 10.1 Å². The lowest BCUT2D eigenvalue weighted by Crippen LogP contribution is -2.27. The van der Waals surface area contributed by atoms with E-state index in [1.165, 1.54) is 25.3 Å². The van der Waals surface area contributed by atoms with Crippen molar-refractivity contribution in [1.29, 1.82) is 0 Å². The second-order valence-corrected chi connectivity index (χ2v) is 4.25. The van der Waals surface area contributed by atoms with Gasteiger partial charge in [-0.05, 0) is 18.9 Å². The van der Waals surface area contributed by atoms with Crippen LogP contribution in [-0.4, -0.2) is 35.7 Å². The van der Waals surface area contributed by atoms with Gasteiger partial charge in [-0.25, -0.2) is 0 Å². The molecule has 1 amide bonds. The van der Waals surface area contributed by atoms with Gasteiger partial charge in [0.25, 0.3) is 11.6 Å². The third kappa shape index (κ3) is 4.20. The summed E-state index contributed by atoms with van der Waals surface area (Å²) in [6.45, 7) is 2.18. The number of carbonyl (C=O) groups is 1. The highest BCUT2D eigenvalue weighted by atomic mass is 16.6. The molecule has 1 atom stereocenters. The Balaban J connectivity index is 2.75. The Morgan fingerprint density at radius 2 is 2.25 bits per heavy atom. The lowest BCUT2D eigenvalue weighted by atomic mass is 10.1. The molecular formula is C13H18N2O5. The maximum Gasteiger partial charge on any atom is 0.273 e. The van der Waals surface area contributed by atoms with Gasteiger partial charge < -0.3 is 15.2 Å². The van der Waals surface area contributed by atoms with Gasteiger partial charge in [0.1, 0.15) is 5.75 Å². The lowest BCUT2D eigenvalue weighted by Gasteiger charge is -2.11. The number of amides is 1. The first kappa shape index (κ1) is 15.9. The van der Waals surface area contributed by atoms with Crippen molar-refractivity contribution in [2.45, 2.75) is 25.9 Å². The van der Waals surface area contributed by atoms with Gasteiger partial charge in [-0.15, -0.1) is 0 Å². The van der Waals surface area contributed by atoms with Gasteiger partial charge in [-0.1, -0.05) is 6.92 Å². The fourth-order valence-electron chi connectivity index (χ4n) is 1.63. The molecule has 7 heteroatoms. The van der Waals surface area contributed by atoms with Crippen molar-refractivity contribution in [2.75, 3.05) is 13.7 Å². The highest BCUT2D eigenvalue weighted by Crippen LogP contribution is 2.24. The van der Waals surface area contributed by atoms with Crippen molar-refractivity contribution >= 4 is 11.6 Å². The van der Waals surface area contributed by atoms with Crippen molar-refractivity contribution in [3.8, 4) is 5.75 Å². The smallest absolute Gasteiger partial charge is 0.273 e. The van der Waals surface area contributed by atoms with Crippen LogP contribution in [0.25, 0.3) is 0 Å². The summed E-state index contributed by atoms with van der Waals surface area (Å²) in [6, 6.07) is 3.80. The summed E-state index contributed by atoms with van der Waals surface area (Å²) in [5.74, 6) is -0.243. The highest BCUT2D eigenvalue weighted by molar-refractivity contribution is 5.97. The predicted molar refractivity (Wildman–Crippen MR) is 72.9 cm³/mol. The van der Waals surface area contributed by atoms with E-state index in [1.807, 2.05) is 6.92 Å². The minimum absolute atomic E-state index is 0.139. The SMILES string of the molecule is CCC(O)CCNC(=O)c1ccc([N+](=O)[O-])cc1OC. The van der Waals surface area contributed by atoms with Crippen LogP contribution >= 0.6 is 0 Å². The molecule has 1 aromatic rings. The van der Waals surface area contributed by atoms with E-state index < -0.39 is 11.0 Å². The van der Waals surface area contributed by atoms with Gasteiger partial charge >= 0.3 is 0 Å². The van der Waals surface area contributed by atoms with E-state index in [0.717, 1.165) is 0 Å². The van der Waals surface area contributed by atoms with E-state index in [4.69, 9.17) is 4.74 Å². The first-order valence-corrected chi connectivity index (χ1v) is 6.28. The molecule has 0 aliphatic heterocycles. The Kier molecular flexibility index (Phi) is 5.92. The summed E-state index contributed by atoms with van der Waals surface area (Å²) < 4.78 is 4.99. The molecule has 0 fully saturated rings. The van der Waals surface area contributed by atoms with Gasteiger partial charge in [-0.2, -0.15) is 0 Å². The molecule has 1 unspecified atom stereocenters. The molecule has 0 heterocycles. The number of aliphatic hydroxyl groups excluding tert-OH is 1. The zero-order chi connectivity index (χ0) is 15.1. The number of ether oxygens (including phenoxy) is 1. The van der Waals surface area contributed by atoms with Gasteiger partial charge in [0.05, 0.1) is 29.8 Å². The number of rotatable bonds is 7. The summed E-state index contributed by atoms with van der Waals surface area (Å²) in [7, 11) is 1.34. The number of hydrogen-bond acceptors (Lipinski definition) is 5. The van der Waals surface area contributed by atoms with Crippen molar-refractivity contribution in [3.05, 3.63) is 33.9 Å². The monoisotopic (exact) mass is 282 g/mol. The minimum atomic E-state index is -0.554. The van der Waals surface area contributed by atoms with Gasteiger partial charge in [-0.3, -0.25) is 14.9 Å². The topological polar surface area (TPSA) is 102 Å². The first-order valence-electron chi connectivity index (χ1n) is 6.28. The molecule has 0 aromatic heterocycles. The second kappa shape index (κ2) is 7.44. The molecule has 2 N–H and O–H groups in total. The van der Waals surface area contributed by atoms with Gasteiger partial charge in [0, 0.05) is 12.6 Å². The zero-order valence-corrected chi connectivity index (χ0v) is 11.5. The highest BCUT2D eigenvalue weighted by Gasteiger charge is 2.16. The third-order valence-electron chi connectivity index (χ3n) is 2.87. The van der Waals surface area contributed by atoms with Crippen LogP contribution in [0.1, 0.15) is 30.1 Å². The van der Waals surface area contributed by atoms with E-state index >= 15 is 0 Å². The molecule has 1 aromatic carbocycles. The average molecular weight is 282 g/mol. The Labute approximate surface area is 116 Å². The molecule has 0 saturated heterocycles. The Bertz CT molecular complexity index is 490. The van der Waals surface area contributed by atoms with E-state index in [2.05, 4.69) is 5.32 Å². The normalized spacial score (nSPS) is 11.8. The predicted octanol–water partition coefficient (Wildman–Crippen LogP) is 1.49. The number of benzene rings is 1. The molecule has 0 radical (unpaired) electrons. The number of nitro groups is 1. The quantitative estimate of drug-likeness (QED) is 0.582. The summed E-state index contributed by atoms with van der Waals surface area (Å²) >= 11 is 0. The fourth-order valence-corrected chi connectivity index (χ4v) is 1.63. The van der Waals surface area contributed by atoms with Gasteiger partial charge in [0.15, 0.2) is 0 Å². The number of non-ortho nitro benzene ring substituents is 1. The molecule has 0 aliphatic rings. The molecule has 110 valence electrons. The Morgan fingerprint density at radius 1 is 1.55 bits per heavy atom. The number of nitrogens with zero attached hydrogens (tertiary/aromatic N) is 1. The number of carbonyl (C=O) groups excluding carboxylic acids is 1. The van der Waals surface area contributed by atoms with Crippen molar-refractivity contribution in [2.24, 2.45) is 0 Å². The molecule has 7 nitrogen and oxygen atoms in total. The number of nitro benzene ring substituents is 1. The molecule has 20 heavy (non-hydrogen) atoms. The van der Waals surface area contributed by atoms with Crippen LogP contribution in [0.3, 0.4) is 0 Å². The van der Waals surface area contributed by atoms with Crippen LogP contribution in [0.4, 0.5) is 5.69 Å². The largest absolute Gasteiger partial charge is 0.496 e. The van der Waals surface area contributed by atoms with Crippen molar-refractivity contribution in [3.63, 3.8) is 0 Å². The van der Waals surface area contributed by atoms with E-state index in [-0.39, 0.29) is 22.9 Å². The number of aliphatic hydroxyl groups is 1. The molecule has 0 bridgehead atoms. The van der Waals surface area contributed by atoms with Crippen LogP contribution in [0.15, 0.2) is 18.2 Å². The van der Waals surface area contributed by atoms with Crippen LogP contribution in [0, 0.1) is 10.1 Å². The number of hydrogen-bond donors (Lipinski definition) is 2. The Hall–Kier alpha value is -2.15. The van der Waals surface area contributed by atoms with Crippen LogP contribution in [0.5, 0.6) is 5.75 Å². The molecule has 0 spiro atoms. The first-order chi connectivity index (χ1) is 9.49. The standard InChI is InChI=1S/C13H18N2O5/c1-3-10(16)6-7-14-13(17)11-5-4-9(15(18)19)8-12(11)20-2/h4-5,8,10,16H,3,6-7H2,1-2H3,(H,14,17). The third-order valence-corrected chi connectivity index (χ3v) is 2.87. The summed E-state index contributed by atoms with van der Waals surface area (Å²) in [4.78, 5) is 22.0. The van der Waals surface area contributed by atoms with Crippen LogP contribution in [-0.2, 0) is 0 Å². The fraction of sp³-hybridized carbons (Fsp3) is 0.462. The number of methoxy groups -OCH3 is 1.